The lowest BCUT2D eigenvalue weighted by Gasteiger charge is -2.31. The number of hydrogen-bond donors (Lipinski definition) is 1. The fraction of sp³-hybridized carbons (Fsp3) is 0.400. The third-order valence-electron chi connectivity index (χ3n) is 6.20. The first-order valence-corrected chi connectivity index (χ1v) is 11.6. The maximum atomic E-state index is 13.5. The average molecular weight is 501 g/mol. The molecule has 190 valence electrons. The van der Waals surface area contributed by atoms with E-state index in [-0.39, 0.29) is 30.3 Å². The number of imidazole rings is 1. The summed E-state index contributed by atoms with van der Waals surface area (Å²) < 4.78 is 42.5. The molecule has 0 bridgehead atoms. The fourth-order valence-electron chi connectivity index (χ4n) is 4.34. The van der Waals surface area contributed by atoms with Crippen molar-refractivity contribution in [2.45, 2.75) is 45.1 Å². The summed E-state index contributed by atoms with van der Waals surface area (Å²) in [5, 5.41) is 0. The monoisotopic (exact) mass is 500 g/mol. The lowest BCUT2D eigenvalue weighted by atomic mass is 10.1. The molecule has 0 spiro atoms. The van der Waals surface area contributed by atoms with Gasteiger partial charge in [-0.2, -0.15) is 18.2 Å². The zero-order valence-electron chi connectivity index (χ0n) is 20.0. The van der Waals surface area contributed by atoms with Crippen molar-refractivity contribution >= 4 is 23.2 Å². The Bertz CT molecular complexity index is 1470. The van der Waals surface area contributed by atoms with Crippen molar-refractivity contribution in [3.8, 4) is 11.8 Å². The molecule has 0 saturated carbocycles. The molecule has 0 amide bonds. The standard InChI is InChI=1S/C25H27F3N6O2/c1-3-4-14-33-20-21(30-23(33)32-13-6-8-19(29)16-32)31(2)24(36)34(22(20)35)15-5-7-17-9-11-18(12-10-17)25(26,27)28/h5,7,9-12,19H,6,8,13-16,29H2,1-2H3/t19-/m1/s1. The zero-order valence-corrected chi connectivity index (χ0v) is 20.0. The summed E-state index contributed by atoms with van der Waals surface area (Å²) in [5.74, 6) is 6.36. The summed E-state index contributed by atoms with van der Waals surface area (Å²) in [6.45, 7) is 3.19. The van der Waals surface area contributed by atoms with Crippen molar-refractivity contribution in [3.63, 3.8) is 0 Å². The predicted octanol–water partition coefficient (Wildman–Crippen LogP) is 2.58. The highest BCUT2D eigenvalue weighted by Crippen LogP contribution is 2.29. The number of rotatable bonds is 5. The molecule has 1 aliphatic heterocycles. The maximum absolute atomic E-state index is 13.5. The average Bonchev–Trinajstić information content (AvgIpc) is 3.23. The van der Waals surface area contributed by atoms with Crippen LogP contribution in [0.4, 0.5) is 19.1 Å². The van der Waals surface area contributed by atoms with Gasteiger partial charge in [-0.25, -0.2) is 4.79 Å². The molecule has 1 aliphatic rings. The van der Waals surface area contributed by atoms with Gasteiger partial charge in [-0.1, -0.05) is 30.2 Å². The number of hydrogen-bond acceptors (Lipinski definition) is 5. The molecule has 1 atom stereocenters. The molecule has 3 heterocycles. The van der Waals surface area contributed by atoms with Crippen LogP contribution in [0.25, 0.3) is 17.2 Å². The van der Waals surface area contributed by atoms with E-state index < -0.39 is 23.0 Å². The van der Waals surface area contributed by atoms with Gasteiger partial charge in [-0.05, 0) is 37.5 Å². The van der Waals surface area contributed by atoms with E-state index in [4.69, 9.17) is 5.73 Å². The molecule has 1 aromatic carbocycles. The van der Waals surface area contributed by atoms with Gasteiger partial charge < -0.3 is 10.6 Å². The number of nitrogens with two attached hydrogens (primary N) is 1. The van der Waals surface area contributed by atoms with Gasteiger partial charge in [0, 0.05) is 32.7 Å². The van der Waals surface area contributed by atoms with Crippen molar-refractivity contribution in [2.24, 2.45) is 12.8 Å². The largest absolute Gasteiger partial charge is 0.416 e. The van der Waals surface area contributed by atoms with Crippen LogP contribution in [0.3, 0.4) is 0 Å². The zero-order chi connectivity index (χ0) is 26.0. The van der Waals surface area contributed by atoms with Crippen molar-refractivity contribution in [3.05, 3.63) is 62.3 Å². The lowest BCUT2D eigenvalue weighted by molar-refractivity contribution is -0.137. The van der Waals surface area contributed by atoms with E-state index in [9.17, 15) is 22.8 Å². The highest BCUT2D eigenvalue weighted by molar-refractivity contribution is 5.75. The number of aromatic nitrogens is 4. The molecule has 8 nitrogen and oxygen atoms in total. The number of aryl methyl sites for hydroxylation is 1. The number of benzene rings is 1. The Morgan fingerprint density at radius 1 is 1.19 bits per heavy atom. The SMILES string of the molecule is CC#CCn1c(N2CCC[C@@H](N)C2)nc2c1c(=O)n(CC=Cc1ccc(C(F)(F)F)cc1)c(=O)n2C. The predicted molar refractivity (Wildman–Crippen MR) is 133 cm³/mol. The van der Waals surface area contributed by atoms with Crippen LogP contribution in [-0.2, 0) is 26.3 Å². The summed E-state index contributed by atoms with van der Waals surface area (Å²) in [6, 6.07) is 4.62. The Hall–Kier alpha value is -3.78. The summed E-state index contributed by atoms with van der Waals surface area (Å²) in [6.07, 6.45) is 0.509. The van der Waals surface area contributed by atoms with Gasteiger partial charge in [0.2, 0.25) is 5.95 Å². The summed E-state index contributed by atoms with van der Waals surface area (Å²) in [7, 11) is 1.55. The minimum Gasteiger partial charge on any atom is -0.341 e. The molecule has 2 aromatic heterocycles. The van der Waals surface area contributed by atoms with Crippen LogP contribution in [-0.4, -0.2) is 37.8 Å². The first-order valence-electron chi connectivity index (χ1n) is 11.6. The van der Waals surface area contributed by atoms with Gasteiger partial charge in [0.1, 0.15) is 0 Å². The fourth-order valence-corrected chi connectivity index (χ4v) is 4.34. The number of allylic oxidation sites excluding steroid dienone is 1. The van der Waals surface area contributed by atoms with Crippen molar-refractivity contribution in [1.82, 2.24) is 18.7 Å². The Kier molecular flexibility index (Phi) is 7.08. The Morgan fingerprint density at radius 3 is 2.56 bits per heavy atom. The second kappa shape index (κ2) is 10.1. The molecule has 4 rings (SSSR count). The second-order valence-electron chi connectivity index (χ2n) is 8.72. The number of alkyl halides is 3. The normalized spacial score (nSPS) is 16.5. The molecule has 0 radical (unpaired) electrons. The van der Waals surface area contributed by atoms with Gasteiger partial charge in [-0.15, -0.1) is 5.92 Å². The molecule has 36 heavy (non-hydrogen) atoms. The van der Waals surface area contributed by atoms with Crippen molar-refractivity contribution < 1.29 is 13.2 Å². The van der Waals surface area contributed by atoms with E-state index in [2.05, 4.69) is 16.8 Å². The minimum atomic E-state index is -4.42. The van der Waals surface area contributed by atoms with Gasteiger partial charge in [0.25, 0.3) is 5.56 Å². The van der Waals surface area contributed by atoms with E-state index in [0.29, 0.717) is 18.1 Å². The van der Waals surface area contributed by atoms with Gasteiger partial charge in [0.05, 0.1) is 12.1 Å². The number of piperidine rings is 1. The summed E-state index contributed by atoms with van der Waals surface area (Å²) in [4.78, 5) is 33.2. The molecule has 1 saturated heterocycles. The van der Waals surface area contributed by atoms with E-state index in [1.54, 1.807) is 30.7 Å². The minimum absolute atomic E-state index is 0.0138. The lowest BCUT2D eigenvalue weighted by Crippen LogP contribution is -2.44. The van der Waals surface area contributed by atoms with Crippen molar-refractivity contribution in [1.29, 1.82) is 0 Å². The first-order chi connectivity index (χ1) is 17.1. The van der Waals surface area contributed by atoms with Crippen LogP contribution in [0.1, 0.15) is 30.9 Å². The van der Waals surface area contributed by atoms with E-state index in [0.717, 1.165) is 36.1 Å². The molecule has 1 fully saturated rings. The maximum Gasteiger partial charge on any atom is 0.416 e. The number of nitrogens with zero attached hydrogens (tertiary/aromatic N) is 5. The van der Waals surface area contributed by atoms with Gasteiger partial charge in [-0.3, -0.25) is 18.5 Å². The molecular weight excluding hydrogens is 473 g/mol. The highest BCUT2D eigenvalue weighted by Gasteiger charge is 2.30. The summed E-state index contributed by atoms with van der Waals surface area (Å²) >= 11 is 0. The van der Waals surface area contributed by atoms with E-state index in [1.807, 2.05) is 4.90 Å². The van der Waals surface area contributed by atoms with Crippen LogP contribution >= 0.6 is 0 Å². The second-order valence-corrected chi connectivity index (χ2v) is 8.72. The van der Waals surface area contributed by atoms with Crippen LogP contribution in [0.5, 0.6) is 0 Å². The van der Waals surface area contributed by atoms with Crippen LogP contribution < -0.4 is 21.9 Å². The summed E-state index contributed by atoms with van der Waals surface area (Å²) in [5.41, 5.74) is 5.39. The molecule has 0 aliphatic carbocycles. The quantitative estimate of drug-likeness (QED) is 0.544. The molecule has 3 aromatic rings. The van der Waals surface area contributed by atoms with E-state index in [1.165, 1.54) is 16.7 Å². The molecule has 2 N–H and O–H groups in total. The number of fused-ring (bicyclic) bond motifs is 1. The van der Waals surface area contributed by atoms with Crippen LogP contribution in [0, 0.1) is 11.8 Å². The van der Waals surface area contributed by atoms with Gasteiger partial charge in [0.15, 0.2) is 11.2 Å². The topological polar surface area (TPSA) is 91.1 Å². The molecular formula is C25H27F3N6O2. The third-order valence-corrected chi connectivity index (χ3v) is 6.20. The van der Waals surface area contributed by atoms with Crippen LogP contribution in [0.15, 0.2) is 39.9 Å². The molecule has 0 unspecified atom stereocenters. The highest BCUT2D eigenvalue weighted by atomic mass is 19.4. The Balaban J connectivity index is 1.73. The number of halogens is 3. The first kappa shape index (κ1) is 25.3. The smallest absolute Gasteiger partial charge is 0.341 e. The van der Waals surface area contributed by atoms with E-state index >= 15 is 0 Å². The third kappa shape index (κ3) is 4.95. The van der Waals surface area contributed by atoms with Crippen molar-refractivity contribution in [2.75, 3.05) is 18.0 Å². The Morgan fingerprint density at radius 2 is 1.92 bits per heavy atom. The molecule has 11 heteroatoms. The van der Waals surface area contributed by atoms with Gasteiger partial charge >= 0.3 is 11.9 Å². The Labute approximate surface area is 205 Å². The number of anilines is 1. The van der Waals surface area contributed by atoms with Crippen LogP contribution in [0.2, 0.25) is 0 Å².